The van der Waals surface area contributed by atoms with Gasteiger partial charge >= 0.3 is 0 Å². The second-order valence-corrected chi connectivity index (χ2v) is 5.04. The molecular formula is C14H21NO2. The molecule has 2 N–H and O–H groups in total. The molecule has 0 radical (unpaired) electrons. The predicted octanol–water partition coefficient (Wildman–Crippen LogP) is 1.80. The van der Waals surface area contributed by atoms with Crippen molar-refractivity contribution < 1.29 is 9.84 Å². The normalized spacial score (nSPS) is 24.6. The molecule has 1 saturated heterocycles. The maximum atomic E-state index is 10.3. The molecule has 1 aliphatic rings. The minimum Gasteiger partial charge on any atom is -0.491 e. The van der Waals surface area contributed by atoms with Gasteiger partial charge in [-0.05, 0) is 56.5 Å². The molecule has 3 nitrogen and oxygen atoms in total. The first-order valence-electron chi connectivity index (χ1n) is 6.22. The van der Waals surface area contributed by atoms with Crippen molar-refractivity contribution in [2.75, 3.05) is 19.7 Å². The van der Waals surface area contributed by atoms with Gasteiger partial charge in [0.25, 0.3) is 0 Å². The summed E-state index contributed by atoms with van der Waals surface area (Å²) in [6.07, 6.45) is 1.82. The first kappa shape index (κ1) is 12.4. The summed E-state index contributed by atoms with van der Waals surface area (Å²) in [4.78, 5) is 0. The molecule has 0 spiro atoms. The Kier molecular flexibility index (Phi) is 3.69. The summed E-state index contributed by atoms with van der Waals surface area (Å²) in [5.41, 5.74) is 1.77. The second-order valence-electron chi connectivity index (χ2n) is 5.04. The van der Waals surface area contributed by atoms with Crippen molar-refractivity contribution in [1.82, 2.24) is 5.32 Å². The first-order chi connectivity index (χ1) is 8.09. The topological polar surface area (TPSA) is 41.5 Å². The lowest BCUT2D eigenvalue weighted by atomic mass is 9.95. The highest BCUT2D eigenvalue weighted by Crippen LogP contribution is 2.20. The van der Waals surface area contributed by atoms with E-state index in [1.807, 2.05) is 18.2 Å². The standard InChI is InChI=1S/C14H21NO2/c1-11-4-5-13(8-12(11)2)17-10-14(16)6-3-7-15-9-14/h4-5,8,15-16H,3,6-7,9-10H2,1-2H3/t14-/m1/s1. The zero-order valence-corrected chi connectivity index (χ0v) is 10.6. The van der Waals surface area contributed by atoms with Gasteiger partial charge < -0.3 is 15.2 Å². The summed E-state index contributed by atoms with van der Waals surface area (Å²) in [7, 11) is 0. The molecule has 1 atom stereocenters. The molecule has 0 aliphatic carbocycles. The number of hydrogen-bond donors (Lipinski definition) is 2. The predicted molar refractivity (Wildman–Crippen MR) is 68.5 cm³/mol. The number of piperidine rings is 1. The maximum absolute atomic E-state index is 10.3. The smallest absolute Gasteiger partial charge is 0.119 e. The Morgan fingerprint density at radius 3 is 2.82 bits per heavy atom. The minimum absolute atomic E-state index is 0.364. The van der Waals surface area contributed by atoms with E-state index in [-0.39, 0.29) is 0 Å². The van der Waals surface area contributed by atoms with E-state index < -0.39 is 5.60 Å². The number of aryl methyl sites for hydroxylation is 2. The average molecular weight is 235 g/mol. The summed E-state index contributed by atoms with van der Waals surface area (Å²) in [6, 6.07) is 6.03. The van der Waals surface area contributed by atoms with Gasteiger partial charge in [-0.15, -0.1) is 0 Å². The van der Waals surface area contributed by atoms with Gasteiger partial charge in [-0.2, -0.15) is 0 Å². The van der Waals surface area contributed by atoms with Crippen molar-refractivity contribution in [3.63, 3.8) is 0 Å². The molecule has 1 heterocycles. The number of rotatable bonds is 3. The molecule has 1 aromatic carbocycles. The molecule has 0 aromatic heterocycles. The highest BCUT2D eigenvalue weighted by atomic mass is 16.5. The van der Waals surface area contributed by atoms with Gasteiger partial charge in [-0.25, -0.2) is 0 Å². The van der Waals surface area contributed by atoms with Gasteiger partial charge in [-0.1, -0.05) is 6.07 Å². The van der Waals surface area contributed by atoms with Crippen LogP contribution in [0.25, 0.3) is 0 Å². The van der Waals surface area contributed by atoms with Crippen LogP contribution >= 0.6 is 0 Å². The van der Waals surface area contributed by atoms with Crippen LogP contribution in [0.4, 0.5) is 0 Å². The highest BCUT2D eigenvalue weighted by molar-refractivity contribution is 5.33. The molecule has 0 amide bonds. The third kappa shape index (κ3) is 3.20. The molecule has 1 fully saturated rings. The molecule has 0 unspecified atom stereocenters. The lowest BCUT2D eigenvalue weighted by Gasteiger charge is -2.32. The van der Waals surface area contributed by atoms with Gasteiger partial charge in [0, 0.05) is 6.54 Å². The Labute approximate surface area is 103 Å². The van der Waals surface area contributed by atoms with Crippen molar-refractivity contribution in [3.05, 3.63) is 29.3 Å². The Morgan fingerprint density at radius 2 is 2.18 bits per heavy atom. The number of aliphatic hydroxyl groups is 1. The fourth-order valence-corrected chi connectivity index (χ4v) is 2.10. The van der Waals surface area contributed by atoms with Crippen molar-refractivity contribution in [3.8, 4) is 5.75 Å². The van der Waals surface area contributed by atoms with Crippen molar-refractivity contribution in [2.24, 2.45) is 0 Å². The van der Waals surface area contributed by atoms with Crippen LogP contribution in [0.15, 0.2) is 18.2 Å². The van der Waals surface area contributed by atoms with Crippen LogP contribution in [0, 0.1) is 13.8 Å². The number of β-amino-alcohol motifs (C(OH)–C–C–N with tert-alkyl or cyclic N) is 1. The van der Waals surface area contributed by atoms with Gasteiger partial charge in [-0.3, -0.25) is 0 Å². The Hall–Kier alpha value is -1.06. The van der Waals surface area contributed by atoms with Gasteiger partial charge in [0.15, 0.2) is 0 Å². The van der Waals surface area contributed by atoms with Crippen LogP contribution in [-0.4, -0.2) is 30.4 Å². The third-order valence-electron chi connectivity index (χ3n) is 3.44. The Morgan fingerprint density at radius 1 is 1.35 bits per heavy atom. The van der Waals surface area contributed by atoms with E-state index in [1.54, 1.807) is 0 Å². The summed E-state index contributed by atoms with van der Waals surface area (Å²) in [6.45, 7) is 6.13. The quantitative estimate of drug-likeness (QED) is 0.839. The van der Waals surface area contributed by atoms with Crippen LogP contribution in [0.1, 0.15) is 24.0 Å². The van der Waals surface area contributed by atoms with E-state index in [1.165, 1.54) is 11.1 Å². The van der Waals surface area contributed by atoms with Crippen LogP contribution in [0.5, 0.6) is 5.75 Å². The van der Waals surface area contributed by atoms with Gasteiger partial charge in [0.1, 0.15) is 18.0 Å². The molecule has 94 valence electrons. The summed E-state index contributed by atoms with van der Waals surface area (Å²) in [5.74, 6) is 0.840. The second kappa shape index (κ2) is 5.07. The monoisotopic (exact) mass is 235 g/mol. The fourth-order valence-electron chi connectivity index (χ4n) is 2.10. The number of nitrogens with one attached hydrogen (secondary N) is 1. The number of hydrogen-bond acceptors (Lipinski definition) is 3. The third-order valence-corrected chi connectivity index (χ3v) is 3.44. The van der Waals surface area contributed by atoms with Crippen LogP contribution in [0.2, 0.25) is 0 Å². The zero-order valence-electron chi connectivity index (χ0n) is 10.6. The molecule has 1 aliphatic heterocycles. The van der Waals surface area contributed by atoms with E-state index in [0.717, 1.165) is 25.1 Å². The molecule has 17 heavy (non-hydrogen) atoms. The lowest BCUT2D eigenvalue weighted by molar-refractivity contribution is -0.0230. The molecule has 0 bridgehead atoms. The SMILES string of the molecule is Cc1ccc(OC[C@@]2(O)CCCNC2)cc1C. The number of ether oxygens (including phenoxy) is 1. The van der Waals surface area contributed by atoms with E-state index in [9.17, 15) is 5.11 Å². The van der Waals surface area contributed by atoms with Crippen LogP contribution in [-0.2, 0) is 0 Å². The fraction of sp³-hybridized carbons (Fsp3) is 0.571. The average Bonchev–Trinajstić information content (AvgIpc) is 2.32. The van der Waals surface area contributed by atoms with Crippen molar-refractivity contribution in [2.45, 2.75) is 32.3 Å². The Balaban J connectivity index is 1.94. The summed E-state index contributed by atoms with van der Waals surface area (Å²) >= 11 is 0. The maximum Gasteiger partial charge on any atom is 0.119 e. The minimum atomic E-state index is -0.711. The van der Waals surface area contributed by atoms with E-state index in [4.69, 9.17) is 4.74 Å². The summed E-state index contributed by atoms with van der Waals surface area (Å²) in [5, 5.41) is 13.5. The lowest BCUT2D eigenvalue weighted by Crippen LogP contribution is -2.49. The van der Waals surface area contributed by atoms with Crippen molar-refractivity contribution in [1.29, 1.82) is 0 Å². The number of benzene rings is 1. The van der Waals surface area contributed by atoms with Gasteiger partial charge in [0.05, 0.1) is 0 Å². The largest absolute Gasteiger partial charge is 0.491 e. The molecule has 0 saturated carbocycles. The van der Waals surface area contributed by atoms with Crippen molar-refractivity contribution >= 4 is 0 Å². The molecule has 1 aromatic rings. The van der Waals surface area contributed by atoms with Crippen LogP contribution in [0.3, 0.4) is 0 Å². The molecule has 3 heteroatoms. The molecular weight excluding hydrogens is 214 g/mol. The van der Waals surface area contributed by atoms with E-state index in [2.05, 4.69) is 19.2 Å². The van der Waals surface area contributed by atoms with Crippen LogP contribution < -0.4 is 10.1 Å². The summed E-state index contributed by atoms with van der Waals surface area (Å²) < 4.78 is 5.69. The van der Waals surface area contributed by atoms with E-state index in [0.29, 0.717) is 13.2 Å². The highest BCUT2D eigenvalue weighted by Gasteiger charge is 2.29. The Bertz CT molecular complexity index is 384. The van der Waals surface area contributed by atoms with E-state index >= 15 is 0 Å². The zero-order chi connectivity index (χ0) is 12.3. The first-order valence-corrected chi connectivity index (χ1v) is 6.22. The molecule has 2 rings (SSSR count). The van der Waals surface area contributed by atoms with Gasteiger partial charge in [0.2, 0.25) is 0 Å².